The van der Waals surface area contributed by atoms with Gasteiger partial charge in [0.05, 0.1) is 5.92 Å². The fourth-order valence-electron chi connectivity index (χ4n) is 3.34. The molecule has 0 spiro atoms. The first-order valence-electron chi connectivity index (χ1n) is 9.86. The van der Waals surface area contributed by atoms with Crippen LogP contribution in [0.5, 0.6) is 0 Å². The summed E-state index contributed by atoms with van der Waals surface area (Å²) in [6, 6.07) is 8.00. The second-order valence-electron chi connectivity index (χ2n) is 6.87. The zero-order valence-electron chi connectivity index (χ0n) is 16.2. The summed E-state index contributed by atoms with van der Waals surface area (Å²) in [5.41, 5.74) is 0.767. The Morgan fingerprint density at radius 1 is 1.32 bits per heavy atom. The van der Waals surface area contributed by atoms with E-state index >= 15 is 0 Å². The van der Waals surface area contributed by atoms with Gasteiger partial charge in [-0.05, 0) is 56.5 Å². The Bertz CT molecular complexity index is 769. The molecule has 28 heavy (non-hydrogen) atoms. The van der Waals surface area contributed by atoms with Crippen molar-refractivity contribution in [1.82, 2.24) is 15.3 Å². The first-order valence-corrected chi connectivity index (χ1v) is 9.86. The normalized spacial score (nSPS) is 16.8. The number of piperidine rings is 1. The van der Waals surface area contributed by atoms with Gasteiger partial charge in [-0.25, -0.2) is 14.4 Å². The highest BCUT2D eigenvalue weighted by Crippen LogP contribution is 2.24. The van der Waals surface area contributed by atoms with Gasteiger partial charge in [-0.3, -0.25) is 4.79 Å². The van der Waals surface area contributed by atoms with E-state index in [0.717, 1.165) is 37.2 Å². The molecule has 0 saturated carbocycles. The smallest absolute Gasteiger partial charge is 0.224 e. The van der Waals surface area contributed by atoms with Gasteiger partial charge in [-0.2, -0.15) is 0 Å². The van der Waals surface area contributed by atoms with Crippen LogP contribution in [0, 0.1) is 11.7 Å². The van der Waals surface area contributed by atoms with Gasteiger partial charge in [0, 0.05) is 44.6 Å². The van der Waals surface area contributed by atoms with Crippen LogP contribution in [-0.2, 0) is 9.53 Å². The minimum atomic E-state index is -0.286. The third-order valence-electron chi connectivity index (χ3n) is 4.83. The van der Waals surface area contributed by atoms with Crippen molar-refractivity contribution in [3.63, 3.8) is 0 Å². The fourth-order valence-corrected chi connectivity index (χ4v) is 3.34. The standard InChI is InChI=1S/C21H27FN4O2/c1-2-28-14-4-11-24-21(27)17-5-3-13-26(15-17)19-10-12-23-20(25-19)16-6-8-18(22)9-7-16/h6-10,12,17H,2-5,11,13-15H2,1H3,(H,24,27)/t17-/m0/s1. The molecule has 1 fully saturated rings. The van der Waals surface area contributed by atoms with Crippen LogP contribution in [0.2, 0.25) is 0 Å². The van der Waals surface area contributed by atoms with Crippen molar-refractivity contribution < 1.29 is 13.9 Å². The van der Waals surface area contributed by atoms with Gasteiger partial charge in [-0.1, -0.05) is 0 Å². The maximum Gasteiger partial charge on any atom is 0.224 e. The molecule has 150 valence electrons. The Labute approximate surface area is 165 Å². The molecule has 2 heterocycles. The second kappa shape index (κ2) is 10.1. The number of halogens is 1. The Balaban J connectivity index is 1.60. The number of nitrogens with one attached hydrogen (secondary N) is 1. The number of nitrogens with zero attached hydrogens (tertiary/aromatic N) is 3. The minimum absolute atomic E-state index is 0.0509. The van der Waals surface area contributed by atoms with Gasteiger partial charge >= 0.3 is 0 Å². The van der Waals surface area contributed by atoms with Crippen LogP contribution in [0.25, 0.3) is 11.4 Å². The summed E-state index contributed by atoms with van der Waals surface area (Å²) in [6.45, 7) is 5.46. The largest absolute Gasteiger partial charge is 0.382 e. The fraction of sp³-hybridized carbons (Fsp3) is 0.476. The van der Waals surface area contributed by atoms with E-state index in [9.17, 15) is 9.18 Å². The van der Waals surface area contributed by atoms with Crippen LogP contribution in [0.4, 0.5) is 10.2 Å². The van der Waals surface area contributed by atoms with Crippen molar-refractivity contribution >= 4 is 11.7 Å². The van der Waals surface area contributed by atoms with Gasteiger partial charge in [-0.15, -0.1) is 0 Å². The molecule has 1 aromatic heterocycles. The van der Waals surface area contributed by atoms with Crippen LogP contribution in [0.3, 0.4) is 0 Å². The predicted molar refractivity (Wildman–Crippen MR) is 106 cm³/mol. The van der Waals surface area contributed by atoms with Crippen LogP contribution in [-0.4, -0.2) is 48.7 Å². The van der Waals surface area contributed by atoms with Crippen LogP contribution >= 0.6 is 0 Å². The lowest BCUT2D eigenvalue weighted by atomic mass is 9.97. The van der Waals surface area contributed by atoms with E-state index in [1.807, 2.05) is 13.0 Å². The molecule has 3 rings (SSSR count). The van der Waals surface area contributed by atoms with Gasteiger partial charge in [0.25, 0.3) is 0 Å². The van der Waals surface area contributed by atoms with Gasteiger partial charge in [0.15, 0.2) is 5.82 Å². The van der Waals surface area contributed by atoms with E-state index in [1.54, 1.807) is 18.3 Å². The molecular formula is C21H27FN4O2. The summed E-state index contributed by atoms with van der Waals surface area (Å²) in [5.74, 6) is 1.10. The van der Waals surface area contributed by atoms with Crippen molar-refractivity contribution in [1.29, 1.82) is 0 Å². The van der Waals surface area contributed by atoms with Gasteiger partial charge < -0.3 is 15.0 Å². The number of aromatic nitrogens is 2. The summed E-state index contributed by atoms with van der Waals surface area (Å²) in [5, 5.41) is 3.01. The van der Waals surface area contributed by atoms with Crippen LogP contribution in [0.1, 0.15) is 26.2 Å². The zero-order chi connectivity index (χ0) is 19.8. The first-order chi connectivity index (χ1) is 13.7. The third kappa shape index (κ3) is 5.48. The Morgan fingerprint density at radius 3 is 2.93 bits per heavy atom. The van der Waals surface area contributed by atoms with Crippen molar-refractivity contribution in [2.45, 2.75) is 26.2 Å². The quantitative estimate of drug-likeness (QED) is 0.707. The number of hydrogen-bond donors (Lipinski definition) is 1. The van der Waals surface area contributed by atoms with E-state index in [4.69, 9.17) is 4.74 Å². The molecule has 1 aliphatic heterocycles. The molecule has 1 aromatic carbocycles. The number of ether oxygens (including phenoxy) is 1. The molecule has 6 nitrogen and oxygen atoms in total. The SMILES string of the molecule is CCOCCCNC(=O)[C@H]1CCCN(c2ccnc(-c3ccc(F)cc3)n2)C1. The molecule has 7 heteroatoms. The monoisotopic (exact) mass is 386 g/mol. The van der Waals surface area contributed by atoms with Crippen molar-refractivity contribution in [2.24, 2.45) is 5.92 Å². The lowest BCUT2D eigenvalue weighted by molar-refractivity contribution is -0.125. The van der Waals surface area contributed by atoms with E-state index in [0.29, 0.717) is 32.1 Å². The molecule has 2 aromatic rings. The first kappa shape index (κ1) is 20.2. The Hall–Kier alpha value is -2.54. The van der Waals surface area contributed by atoms with Crippen molar-refractivity contribution in [2.75, 3.05) is 37.7 Å². The molecule has 0 bridgehead atoms. The number of carbonyl (C=O) groups is 1. The molecule has 0 unspecified atom stereocenters. The maximum absolute atomic E-state index is 13.1. The average Bonchev–Trinajstić information content (AvgIpc) is 2.74. The summed E-state index contributed by atoms with van der Waals surface area (Å²) in [6.07, 6.45) is 4.35. The molecule has 0 radical (unpaired) electrons. The zero-order valence-corrected chi connectivity index (χ0v) is 16.2. The third-order valence-corrected chi connectivity index (χ3v) is 4.83. The minimum Gasteiger partial charge on any atom is -0.382 e. The molecule has 1 atom stereocenters. The van der Waals surface area contributed by atoms with E-state index in [2.05, 4.69) is 20.2 Å². The highest BCUT2D eigenvalue weighted by Gasteiger charge is 2.26. The summed E-state index contributed by atoms with van der Waals surface area (Å²) >= 11 is 0. The number of hydrogen-bond acceptors (Lipinski definition) is 5. The number of benzene rings is 1. The number of anilines is 1. The highest BCUT2D eigenvalue weighted by molar-refractivity contribution is 5.79. The van der Waals surface area contributed by atoms with Crippen molar-refractivity contribution in [3.8, 4) is 11.4 Å². The van der Waals surface area contributed by atoms with Crippen molar-refractivity contribution in [3.05, 3.63) is 42.3 Å². The molecule has 0 aliphatic carbocycles. The lowest BCUT2D eigenvalue weighted by Gasteiger charge is -2.33. The van der Waals surface area contributed by atoms with E-state index < -0.39 is 0 Å². The number of amides is 1. The summed E-state index contributed by atoms with van der Waals surface area (Å²) in [4.78, 5) is 23.5. The predicted octanol–water partition coefficient (Wildman–Crippen LogP) is 3.04. The topological polar surface area (TPSA) is 67.3 Å². The van der Waals surface area contributed by atoms with Gasteiger partial charge in [0.2, 0.25) is 5.91 Å². The lowest BCUT2D eigenvalue weighted by Crippen LogP contribution is -2.43. The Kier molecular flexibility index (Phi) is 7.31. The molecule has 1 amide bonds. The molecule has 1 saturated heterocycles. The van der Waals surface area contributed by atoms with Gasteiger partial charge in [0.1, 0.15) is 11.6 Å². The highest BCUT2D eigenvalue weighted by atomic mass is 19.1. The van der Waals surface area contributed by atoms with Crippen LogP contribution in [0.15, 0.2) is 36.5 Å². The second-order valence-corrected chi connectivity index (χ2v) is 6.87. The average molecular weight is 386 g/mol. The van der Waals surface area contributed by atoms with Crippen LogP contribution < -0.4 is 10.2 Å². The van der Waals surface area contributed by atoms with E-state index in [1.165, 1.54) is 12.1 Å². The molecule has 1 N–H and O–H groups in total. The molecule has 1 aliphatic rings. The Morgan fingerprint density at radius 2 is 2.14 bits per heavy atom. The van der Waals surface area contributed by atoms with E-state index in [-0.39, 0.29) is 17.6 Å². The molecular weight excluding hydrogens is 359 g/mol. The number of rotatable bonds is 8. The number of carbonyl (C=O) groups excluding carboxylic acids is 1. The maximum atomic E-state index is 13.1. The summed E-state index contributed by atoms with van der Waals surface area (Å²) in [7, 11) is 0. The summed E-state index contributed by atoms with van der Waals surface area (Å²) < 4.78 is 18.4.